The third kappa shape index (κ3) is 3.15. The van der Waals surface area contributed by atoms with Crippen LogP contribution in [0, 0.1) is 18.7 Å². The second-order valence-corrected chi connectivity index (χ2v) is 5.10. The molecule has 1 fully saturated rings. The molecule has 1 aromatic carbocycles. The maximum absolute atomic E-state index is 13.6. The summed E-state index contributed by atoms with van der Waals surface area (Å²) in [6, 6.07) is 4.84. The van der Waals surface area contributed by atoms with E-state index in [0.29, 0.717) is 12.3 Å². The van der Waals surface area contributed by atoms with Crippen LogP contribution in [-0.2, 0) is 0 Å². The monoisotopic (exact) mass is 234 g/mol. The van der Waals surface area contributed by atoms with E-state index < -0.39 is 0 Å². The highest BCUT2D eigenvalue weighted by atomic mass is 19.1. The Morgan fingerprint density at radius 1 is 1.35 bits per heavy atom. The minimum atomic E-state index is -0.374. The van der Waals surface area contributed by atoms with Crippen molar-refractivity contribution in [2.24, 2.45) is 5.92 Å². The van der Waals surface area contributed by atoms with Gasteiger partial charge >= 0.3 is 0 Å². The summed E-state index contributed by atoms with van der Waals surface area (Å²) >= 11 is 0. The van der Waals surface area contributed by atoms with Crippen molar-refractivity contribution in [1.29, 1.82) is 0 Å². The molecule has 1 aromatic rings. The van der Waals surface area contributed by atoms with Crippen LogP contribution in [0.4, 0.5) is 4.39 Å². The predicted octanol–water partition coefficient (Wildman–Crippen LogP) is 4.29. The zero-order chi connectivity index (χ0) is 12.3. The van der Waals surface area contributed by atoms with Gasteiger partial charge in [0, 0.05) is 6.42 Å². The largest absolute Gasteiger partial charge is 0.294 e. The fourth-order valence-electron chi connectivity index (χ4n) is 2.62. The minimum absolute atomic E-state index is 0.0469. The molecule has 0 amide bonds. The Hall–Kier alpha value is -1.18. The topological polar surface area (TPSA) is 17.1 Å². The Morgan fingerprint density at radius 2 is 2.06 bits per heavy atom. The van der Waals surface area contributed by atoms with Crippen molar-refractivity contribution in [1.82, 2.24) is 0 Å². The van der Waals surface area contributed by atoms with E-state index in [2.05, 4.69) is 0 Å². The summed E-state index contributed by atoms with van der Waals surface area (Å²) in [5, 5.41) is 0. The van der Waals surface area contributed by atoms with E-state index in [4.69, 9.17) is 0 Å². The lowest BCUT2D eigenvalue weighted by atomic mass is 9.97. The molecule has 0 bridgehead atoms. The number of aryl methyl sites for hydroxylation is 1. The summed E-state index contributed by atoms with van der Waals surface area (Å²) in [6.07, 6.45) is 6.47. The van der Waals surface area contributed by atoms with Gasteiger partial charge in [-0.3, -0.25) is 4.79 Å². The van der Waals surface area contributed by atoms with Gasteiger partial charge in [0.1, 0.15) is 5.82 Å². The minimum Gasteiger partial charge on any atom is -0.294 e. The molecule has 0 unspecified atom stereocenters. The molecule has 1 nitrogen and oxygen atoms in total. The molecule has 0 heterocycles. The second kappa shape index (κ2) is 5.44. The number of carbonyl (C=O) groups excluding carboxylic acids is 1. The Bertz CT molecular complexity index is 405. The van der Waals surface area contributed by atoms with Crippen LogP contribution in [0.5, 0.6) is 0 Å². The number of halogens is 1. The maximum atomic E-state index is 13.6. The highest BCUT2D eigenvalue weighted by Gasteiger charge is 2.18. The van der Waals surface area contributed by atoms with Crippen LogP contribution >= 0.6 is 0 Å². The van der Waals surface area contributed by atoms with Gasteiger partial charge in [-0.1, -0.05) is 31.7 Å². The number of Topliss-reactive ketones (excluding diaryl/α,β-unsaturated/α-hetero) is 1. The average Bonchev–Trinajstić information content (AvgIpc) is 2.78. The van der Waals surface area contributed by atoms with E-state index in [9.17, 15) is 9.18 Å². The third-order valence-electron chi connectivity index (χ3n) is 3.68. The summed E-state index contributed by atoms with van der Waals surface area (Å²) < 4.78 is 13.6. The number of hydrogen-bond acceptors (Lipinski definition) is 1. The van der Waals surface area contributed by atoms with Crippen LogP contribution in [0.2, 0.25) is 0 Å². The van der Waals surface area contributed by atoms with Crippen LogP contribution in [0.25, 0.3) is 0 Å². The molecule has 17 heavy (non-hydrogen) atoms. The highest BCUT2D eigenvalue weighted by molar-refractivity contribution is 5.96. The predicted molar refractivity (Wildman–Crippen MR) is 66.7 cm³/mol. The van der Waals surface area contributed by atoms with E-state index in [1.807, 2.05) is 6.92 Å². The third-order valence-corrected chi connectivity index (χ3v) is 3.68. The molecule has 2 rings (SSSR count). The summed E-state index contributed by atoms with van der Waals surface area (Å²) in [5.74, 6) is 0.267. The average molecular weight is 234 g/mol. The molecule has 1 aliphatic rings. The van der Waals surface area contributed by atoms with Crippen molar-refractivity contribution in [2.75, 3.05) is 0 Å². The van der Waals surface area contributed by atoms with Crippen molar-refractivity contribution < 1.29 is 9.18 Å². The van der Waals surface area contributed by atoms with Gasteiger partial charge in [0.15, 0.2) is 5.78 Å². The van der Waals surface area contributed by atoms with E-state index >= 15 is 0 Å². The molecular weight excluding hydrogens is 215 g/mol. The molecule has 0 aliphatic heterocycles. The first kappa shape index (κ1) is 12.3. The Labute approximate surface area is 102 Å². The second-order valence-electron chi connectivity index (χ2n) is 5.10. The van der Waals surface area contributed by atoms with E-state index in [-0.39, 0.29) is 17.2 Å². The first-order valence-electron chi connectivity index (χ1n) is 6.46. The van der Waals surface area contributed by atoms with Crippen molar-refractivity contribution in [3.63, 3.8) is 0 Å². The van der Waals surface area contributed by atoms with Gasteiger partial charge in [-0.05, 0) is 37.0 Å². The first-order valence-corrected chi connectivity index (χ1v) is 6.46. The van der Waals surface area contributed by atoms with E-state index in [1.165, 1.54) is 31.7 Å². The van der Waals surface area contributed by atoms with Crippen molar-refractivity contribution in [3.8, 4) is 0 Å². The van der Waals surface area contributed by atoms with E-state index in [1.54, 1.807) is 12.1 Å². The van der Waals surface area contributed by atoms with Gasteiger partial charge in [-0.15, -0.1) is 0 Å². The lowest BCUT2D eigenvalue weighted by molar-refractivity contribution is 0.0970. The van der Waals surface area contributed by atoms with Gasteiger partial charge in [0.05, 0.1) is 5.56 Å². The number of benzene rings is 1. The molecule has 1 saturated carbocycles. The highest BCUT2D eigenvalue weighted by Crippen LogP contribution is 2.29. The number of carbonyl (C=O) groups is 1. The van der Waals surface area contributed by atoms with Gasteiger partial charge in [-0.25, -0.2) is 4.39 Å². The van der Waals surface area contributed by atoms with Gasteiger partial charge in [0.2, 0.25) is 0 Å². The van der Waals surface area contributed by atoms with Gasteiger partial charge in [0.25, 0.3) is 0 Å². The first-order chi connectivity index (χ1) is 8.16. The molecule has 0 atom stereocenters. The van der Waals surface area contributed by atoms with Crippen LogP contribution in [0.3, 0.4) is 0 Å². The fourth-order valence-corrected chi connectivity index (χ4v) is 2.62. The quantitative estimate of drug-likeness (QED) is 0.710. The molecular formula is C15H19FO. The number of rotatable bonds is 4. The Balaban J connectivity index is 1.94. The molecule has 0 spiro atoms. The molecule has 0 N–H and O–H groups in total. The van der Waals surface area contributed by atoms with Crippen LogP contribution in [-0.4, -0.2) is 5.78 Å². The number of hydrogen-bond donors (Lipinski definition) is 0. The van der Waals surface area contributed by atoms with Crippen LogP contribution in [0.15, 0.2) is 18.2 Å². The summed E-state index contributed by atoms with van der Waals surface area (Å²) in [4.78, 5) is 11.9. The standard InChI is InChI=1S/C15H19FO/c1-11-6-8-13(14(16)10-11)15(17)9-7-12-4-2-3-5-12/h6,8,10,12H,2-5,7,9H2,1H3. The molecule has 92 valence electrons. The lowest BCUT2D eigenvalue weighted by Gasteiger charge is -2.08. The number of ketones is 1. The van der Waals surface area contributed by atoms with Crippen molar-refractivity contribution in [3.05, 3.63) is 35.1 Å². The fraction of sp³-hybridized carbons (Fsp3) is 0.533. The molecule has 2 heteroatoms. The Morgan fingerprint density at radius 3 is 2.71 bits per heavy atom. The normalized spacial score (nSPS) is 16.4. The molecule has 0 radical (unpaired) electrons. The zero-order valence-corrected chi connectivity index (χ0v) is 10.3. The SMILES string of the molecule is Cc1ccc(C(=O)CCC2CCCC2)c(F)c1. The zero-order valence-electron chi connectivity index (χ0n) is 10.3. The van der Waals surface area contributed by atoms with Crippen LogP contribution < -0.4 is 0 Å². The molecule has 0 saturated heterocycles. The summed E-state index contributed by atoms with van der Waals surface area (Å²) in [7, 11) is 0. The van der Waals surface area contributed by atoms with Crippen molar-refractivity contribution >= 4 is 5.78 Å². The lowest BCUT2D eigenvalue weighted by Crippen LogP contribution is -2.05. The Kier molecular flexibility index (Phi) is 3.93. The summed E-state index contributed by atoms with van der Waals surface area (Å²) in [5.41, 5.74) is 1.11. The molecule has 1 aliphatic carbocycles. The van der Waals surface area contributed by atoms with E-state index in [0.717, 1.165) is 12.0 Å². The van der Waals surface area contributed by atoms with Crippen molar-refractivity contribution in [2.45, 2.75) is 45.4 Å². The van der Waals surface area contributed by atoms with Gasteiger partial charge < -0.3 is 0 Å². The summed E-state index contributed by atoms with van der Waals surface area (Å²) in [6.45, 7) is 1.83. The van der Waals surface area contributed by atoms with Crippen LogP contribution in [0.1, 0.15) is 54.4 Å². The van der Waals surface area contributed by atoms with Gasteiger partial charge in [-0.2, -0.15) is 0 Å². The molecule has 0 aromatic heterocycles. The maximum Gasteiger partial charge on any atom is 0.165 e. The smallest absolute Gasteiger partial charge is 0.165 e.